The first kappa shape index (κ1) is 18.1. The van der Waals surface area contributed by atoms with Crippen LogP contribution in [0.5, 0.6) is 0 Å². The molecule has 0 N–H and O–H groups in total. The zero-order valence-corrected chi connectivity index (χ0v) is 16.1. The fourth-order valence-corrected chi connectivity index (χ4v) is 3.66. The molecule has 2 aromatic carbocycles. The maximum Gasteiger partial charge on any atom is 0.439 e. The Hall–Kier alpha value is -3.31. The van der Waals surface area contributed by atoms with Gasteiger partial charge in [0.05, 0.1) is 0 Å². The average molecular weight is 371 g/mol. The van der Waals surface area contributed by atoms with E-state index in [1.165, 1.54) is 0 Å². The summed E-state index contributed by atoms with van der Waals surface area (Å²) >= 11 is 0. The second kappa shape index (κ2) is 7.37. The van der Waals surface area contributed by atoms with Gasteiger partial charge in [0.25, 0.3) is 0 Å². The highest BCUT2D eigenvalue weighted by molar-refractivity contribution is 5.90. The molecule has 0 saturated carbocycles. The fourth-order valence-electron chi connectivity index (χ4n) is 3.66. The van der Waals surface area contributed by atoms with Gasteiger partial charge in [-0.25, -0.2) is 19.3 Å². The number of benzene rings is 2. The molecule has 0 bridgehead atoms. The number of hydrogen-bond donors (Lipinski definition) is 0. The van der Waals surface area contributed by atoms with Crippen LogP contribution in [-0.4, -0.2) is 26.4 Å². The van der Waals surface area contributed by atoms with Crippen molar-refractivity contribution < 1.29 is 9.28 Å². The number of imidazole rings is 1. The maximum atomic E-state index is 13.8. The van der Waals surface area contributed by atoms with Gasteiger partial charge in [-0.2, -0.15) is 4.48 Å². The van der Waals surface area contributed by atoms with Crippen LogP contribution in [0.15, 0.2) is 90.1 Å². The van der Waals surface area contributed by atoms with Gasteiger partial charge in [-0.3, -0.25) is 0 Å². The molecular weight excluding hydrogens is 348 g/mol. The molecule has 1 amide bonds. The number of amides is 1. The van der Waals surface area contributed by atoms with E-state index in [1.54, 1.807) is 29.6 Å². The van der Waals surface area contributed by atoms with Gasteiger partial charge in [0.2, 0.25) is 6.34 Å². The summed E-state index contributed by atoms with van der Waals surface area (Å²) < 4.78 is 1.54. The molecule has 0 spiro atoms. The molecular formula is C23H23N4O+. The Labute approximate surface area is 164 Å². The van der Waals surface area contributed by atoms with Gasteiger partial charge < -0.3 is 0 Å². The molecule has 0 aliphatic carbocycles. The summed E-state index contributed by atoms with van der Waals surface area (Å²) in [6, 6.07) is 20.0. The van der Waals surface area contributed by atoms with Crippen molar-refractivity contribution in [3.63, 3.8) is 0 Å². The first-order valence-corrected chi connectivity index (χ1v) is 9.42. The van der Waals surface area contributed by atoms with E-state index in [0.29, 0.717) is 6.54 Å². The van der Waals surface area contributed by atoms with Crippen molar-refractivity contribution in [1.29, 1.82) is 0 Å². The monoisotopic (exact) mass is 371 g/mol. The summed E-state index contributed by atoms with van der Waals surface area (Å²) in [5, 5.41) is 0. The lowest BCUT2D eigenvalue weighted by molar-refractivity contribution is -0.685. The molecule has 1 aliphatic rings. The minimum Gasteiger partial charge on any atom is -0.245 e. The number of aromatic nitrogens is 2. The number of carbonyl (C=O) groups is 1. The van der Waals surface area contributed by atoms with Gasteiger partial charge in [-0.05, 0) is 12.1 Å². The summed E-state index contributed by atoms with van der Waals surface area (Å²) in [6.07, 6.45) is 6.65. The molecule has 1 unspecified atom stereocenters. The van der Waals surface area contributed by atoms with E-state index in [-0.39, 0.29) is 16.4 Å². The summed E-state index contributed by atoms with van der Waals surface area (Å²) in [6.45, 7) is 4.71. The van der Waals surface area contributed by atoms with Gasteiger partial charge in [0.15, 0.2) is 5.70 Å². The largest absolute Gasteiger partial charge is 0.439 e. The van der Waals surface area contributed by atoms with Crippen molar-refractivity contribution in [3.8, 4) is 0 Å². The third-order valence-electron chi connectivity index (χ3n) is 4.97. The van der Waals surface area contributed by atoms with Gasteiger partial charge in [0.1, 0.15) is 18.6 Å². The van der Waals surface area contributed by atoms with Crippen LogP contribution < -0.4 is 0 Å². The van der Waals surface area contributed by atoms with Crippen LogP contribution in [0.2, 0.25) is 0 Å². The van der Waals surface area contributed by atoms with Crippen LogP contribution in [0, 0.1) is 5.92 Å². The second-order valence-electron chi connectivity index (χ2n) is 7.26. The van der Waals surface area contributed by atoms with E-state index in [0.717, 1.165) is 22.5 Å². The highest BCUT2D eigenvalue weighted by atomic mass is 16.2. The van der Waals surface area contributed by atoms with E-state index < -0.39 is 0 Å². The Morgan fingerprint density at radius 3 is 2.32 bits per heavy atom. The van der Waals surface area contributed by atoms with E-state index in [4.69, 9.17) is 4.99 Å². The van der Waals surface area contributed by atoms with E-state index in [9.17, 15) is 4.79 Å². The molecule has 1 aliphatic heterocycles. The van der Waals surface area contributed by atoms with E-state index in [2.05, 4.69) is 18.8 Å². The molecule has 0 saturated heterocycles. The topological polar surface area (TPSA) is 47.2 Å². The number of quaternary nitrogens is 1. The van der Waals surface area contributed by atoms with Gasteiger partial charge in [0, 0.05) is 29.4 Å². The third-order valence-corrected chi connectivity index (χ3v) is 4.97. The predicted octanol–water partition coefficient (Wildman–Crippen LogP) is 4.93. The van der Waals surface area contributed by atoms with Crippen molar-refractivity contribution in [2.75, 3.05) is 0 Å². The zero-order chi connectivity index (χ0) is 19.6. The number of aliphatic imine (C=N–C) groups is 1. The number of allylic oxidation sites excluding steroid dienone is 1. The number of hydrogen-bond acceptors (Lipinski definition) is 3. The summed E-state index contributed by atoms with van der Waals surface area (Å²) in [5.74, 6) is 0.192. The van der Waals surface area contributed by atoms with Crippen molar-refractivity contribution in [3.05, 3.63) is 96.2 Å². The van der Waals surface area contributed by atoms with Crippen molar-refractivity contribution >= 4 is 18.1 Å². The Morgan fingerprint density at radius 1 is 1.04 bits per heavy atom. The summed E-state index contributed by atoms with van der Waals surface area (Å²) in [5.41, 5.74) is 3.95. The minimum absolute atomic E-state index is 0.00208. The van der Waals surface area contributed by atoms with Gasteiger partial charge in [-0.15, -0.1) is 0 Å². The van der Waals surface area contributed by atoms with Crippen LogP contribution >= 0.6 is 0 Å². The van der Waals surface area contributed by atoms with E-state index >= 15 is 0 Å². The van der Waals surface area contributed by atoms with Gasteiger partial charge in [-0.1, -0.05) is 62.4 Å². The Morgan fingerprint density at radius 2 is 1.71 bits per heavy atom. The quantitative estimate of drug-likeness (QED) is 0.610. The lowest BCUT2D eigenvalue weighted by Crippen LogP contribution is -2.50. The number of carbonyl (C=O) groups excluding carboxylic acids is 1. The van der Waals surface area contributed by atoms with Crippen molar-refractivity contribution in [2.45, 2.75) is 20.4 Å². The zero-order valence-electron chi connectivity index (χ0n) is 16.1. The number of rotatable bonds is 4. The number of nitrogens with zero attached hydrogens (tertiary/aromatic N) is 4. The van der Waals surface area contributed by atoms with Crippen LogP contribution in [0.25, 0.3) is 5.70 Å². The summed E-state index contributed by atoms with van der Waals surface area (Å²) in [4.78, 5) is 22.6. The molecule has 0 radical (unpaired) electrons. The fraction of sp³-hybridized carbons (Fsp3) is 0.174. The normalized spacial score (nSPS) is 18.8. The van der Waals surface area contributed by atoms with Crippen LogP contribution in [-0.2, 0) is 6.54 Å². The van der Waals surface area contributed by atoms with Crippen LogP contribution in [0.3, 0.4) is 0 Å². The molecule has 140 valence electrons. The van der Waals surface area contributed by atoms with Crippen molar-refractivity contribution in [1.82, 2.24) is 9.55 Å². The minimum atomic E-state index is -0.0976. The molecule has 5 heteroatoms. The van der Waals surface area contributed by atoms with E-state index in [1.807, 2.05) is 60.7 Å². The predicted molar refractivity (Wildman–Crippen MR) is 110 cm³/mol. The second-order valence-corrected chi connectivity index (χ2v) is 7.26. The average Bonchev–Trinajstić information content (AvgIpc) is 3.38. The van der Waals surface area contributed by atoms with Crippen LogP contribution in [0.4, 0.5) is 4.79 Å². The third kappa shape index (κ3) is 3.10. The first-order valence-electron chi connectivity index (χ1n) is 9.42. The highest BCUT2D eigenvalue weighted by Gasteiger charge is 2.48. The molecule has 1 atom stereocenters. The lowest BCUT2D eigenvalue weighted by Gasteiger charge is -2.30. The molecule has 1 aromatic heterocycles. The SMILES string of the molecule is CC(C)C1=C(c2ccccc2)[N+](Cc2ccccc2)(C(=O)n2ccnc2)C=N1. The maximum absolute atomic E-state index is 13.8. The Bertz CT molecular complexity index is 1020. The molecule has 0 fully saturated rings. The first-order chi connectivity index (χ1) is 13.6. The van der Waals surface area contributed by atoms with Crippen LogP contribution in [0.1, 0.15) is 25.0 Å². The van der Waals surface area contributed by atoms with Gasteiger partial charge >= 0.3 is 6.03 Å². The Kier molecular flexibility index (Phi) is 4.75. The molecule has 3 aromatic rings. The highest BCUT2D eigenvalue weighted by Crippen LogP contribution is 2.40. The standard InChI is InChI=1S/C23H23N4O/c1-18(2)21-22(20-11-7-4-8-12-20)27(17-25-21,15-19-9-5-3-6-10-19)23(28)26-14-13-24-16-26/h3-14,16-18H,15H2,1-2H3/q+1. The smallest absolute Gasteiger partial charge is 0.245 e. The lowest BCUT2D eigenvalue weighted by atomic mass is 10.0. The molecule has 4 rings (SSSR count). The molecule has 5 nitrogen and oxygen atoms in total. The van der Waals surface area contributed by atoms with Crippen molar-refractivity contribution in [2.24, 2.45) is 10.9 Å². The molecule has 2 heterocycles. The molecule has 28 heavy (non-hydrogen) atoms. The Balaban J connectivity index is 1.93. The summed E-state index contributed by atoms with van der Waals surface area (Å²) in [7, 11) is 0.